The zero-order valence-corrected chi connectivity index (χ0v) is 53.2. The van der Waals surface area contributed by atoms with Crippen LogP contribution in [0.5, 0.6) is 0 Å². The number of hydrogen-bond acceptors (Lipinski definition) is 6. The van der Waals surface area contributed by atoms with Gasteiger partial charge in [-0.15, -0.1) is 0 Å². The van der Waals surface area contributed by atoms with E-state index in [-0.39, 0.29) is 31.1 Å². The van der Waals surface area contributed by atoms with Crippen molar-refractivity contribution in [2.45, 2.75) is 303 Å². The number of carbonyl (C=O) groups excluding carboxylic acids is 3. The fourth-order valence-electron chi connectivity index (χ4n) is 9.10. The Bertz CT molecular complexity index is 1780. The van der Waals surface area contributed by atoms with Gasteiger partial charge in [-0.25, -0.2) is 0 Å². The smallest absolute Gasteiger partial charge is 0.306 e. The molecular weight excluding hydrogens is 1010 g/mol. The predicted octanol–water partition coefficient (Wildman–Crippen LogP) is 23.5. The molecule has 0 aliphatic heterocycles. The highest BCUT2D eigenvalue weighted by Crippen LogP contribution is 2.16. The third kappa shape index (κ3) is 66.1. The molecule has 6 nitrogen and oxygen atoms in total. The molecule has 0 aromatic heterocycles. The second kappa shape index (κ2) is 68.8. The van der Waals surface area contributed by atoms with Crippen LogP contribution in [-0.4, -0.2) is 37.2 Å². The Morgan fingerprint density at radius 3 is 0.744 bits per heavy atom. The predicted molar refractivity (Wildman–Crippen MR) is 357 cm³/mol. The van der Waals surface area contributed by atoms with E-state index in [9.17, 15) is 14.4 Å². The second-order valence-electron chi connectivity index (χ2n) is 22.0. The van der Waals surface area contributed by atoms with Crippen molar-refractivity contribution in [2.75, 3.05) is 13.2 Å². The molecule has 6 heteroatoms. The zero-order chi connectivity index (χ0) is 59.2. The third-order valence-electron chi connectivity index (χ3n) is 14.1. The van der Waals surface area contributed by atoms with Crippen LogP contribution in [-0.2, 0) is 28.6 Å². The van der Waals surface area contributed by atoms with Crippen LogP contribution in [0.15, 0.2) is 146 Å². The molecule has 0 aliphatic rings. The van der Waals surface area contributed by atoms with Gasteiger partial charge in [-0.2, -0.15) is 0 Å². The summed E-state index contributed by atoms with van der Waals surface area (Å²) in [6.45, 7) is 6.36. The first-order valence-electron chi connectivity index (χ1n) is 33.8. The van der Waals surface area contributed by atoms with Gasteiger partial charge >= 0.3 is 17.9 Å². The number of rotatable bonds is 60. The molecule has 464 valence electrons. The lowest BCUT2D eigenvalue weighted by atomic mass is 10.0. The molecule has 82 heavy (non-hydrogen) atoms. The maximum atomic E-state index is 12.9. The summed E-state index contributed by atoms with van der Waals surface area (Å²) in [5.41, 5.74) is 0. The van der Waals surface area contributed by atoms with Gasteiger partial charge in [-0.3, -0.25) is 14.4 Å². The molecule has 0 rings (SSSR count). The first kappa shape index (κ1) is 77.3. The van der Waals surface area contributed by atoms with Crippen LogP contribution in [0.2, 0.25) is 0 Å². The normalized spacial score (nSPS) is 13.1. The molecule has 0 aromatic carbocycles. The van der Waals surface area contributed by atoms with Crippen LogP contribution in [0.4, 0.5) is 0 Å². The Morgan fingerprint density at radius 2 is 0.476 bits per heavy atom. The molecular formula is C76H124O6. The summed E-state index contributed by atoms with van der Waals surface area (Å²) < 4.78 is 16.8. The molecule has 0 radical (unpaired) electrons. The molecule has 0 spiro atoms. The fraction of sp³-hybridized carbons (Fsp3) is 0.645. The van der Waals surface area contributed by atoms with E-state index in [0.717, 1.165) is 135 Å². The number of carbonyl (C=O) groups is 3. The van der Waals surface area contributed by atoms with Gasteiger partial charge in [0.25, 0.3) is 0 Å². The van der Waals surface area contributed by atoms with E-state index in [2.05, 4.69) is 167 Å². The summed E-state index contributed by atoms with van der Waals surface area (Å²) in [6.07, 6.45) is 99.0. The quantitative estimate of drug-likeness (QED) is 0.0261. The van der Waals surface area contributed by atoms with Crippen molar-refractivity contribution in [1.29, 1.82) is 0 Å². The minimum atomic E-state index is -0.784. The minimum absolute atomic E-state index is 0.0830. The van der Waals surface area contributed by atoms with Crippen LogP contribution in [0.3, 0.4) is 0 Å². The number of esters is 3. The van der Waals surface area contributed by atoms with E-state index in [1.54, 1.807) is 0 Å². The first-order valence-corrected chi connectivity index (χ1v) is 33.8. The number of allylic oxidation sites excluding steroid dienone is 24. The number of ether oxygens (including phenoxy) is 3. The third-order valence-corrected chi connectivity index (χ3v) is 14.1. The molecule has 0 heterocycles. The lowest BCUT2D eigenvalue weighted by Gasteiger charge is -2.18. The Labute approximate surface area is 506 Å². The van der Waals surface area contributed by atoms with Crippen molar-refractivity contribution in [1.82, 2.24) is 0 Å². The first-order chi connectivity index (χ1) is 40.5. The van der Waals surface area contributed by atoms with E-state index in [1.165, 1.54) is 122 Å². The minimum Gasteiger partial charge on any atom is -0.462 e. The van der Waals surface area contributed by atoms with Gasteiger partial charge in [-0.05, 0) is 122 Å². The van der Waals surface area contributed by atoms with Crippen molar-refractivity contribution in [3.05, 3.63) is 146 Å². The lowest BCUT2D eigenvalue weighted by Crippen LogP contribution is -2.30. The van der Waals surface area contributed by atoms with Crippen molar-refractivity contribution in [3.8, 4) is 0 Å². The van der Waals surface area contributed by atoms with Gasteiger partial charge in [0.05, 0.1) is 0 Å². The molecule has 0 saturated heterocycles. The van der Waals surface area contributed by atoms with Crippen molar-refractivity contribution >= 4 is 17.9 Å². The van der Waals surface area contributed by atoms with Crippen LogP contribution < -0.4 is 0 Å². The Morgan fingerprint density at radius 1 is 0.256 bits per heavy atom. The van der Waals surface area contributed by atoms with Gasteiger partial charge in [0, 0.05) is 19.3 Å². The van der Waals surface area contributed by atoms with E-state index >= 15 is 0 Å². The van der Waals surface area contributed by atoms with Gasteiger partial charge in [0.1, 0.15) is 13.2 Å². The average Bonchev–Trinajstić information content (AvgIpc) is 3.47. The van der Waals surface area contributed by atoms with Crippen LogP contribution in [0, 0.1) is 0 Å². The Hall–Kier alpha value is -4.71. The second-order valence-corrected chi connectivity index (χ2v) is 22.0. The van der Waals surface area contributed by atoms with Crippen LogP contribution in [0.25, 0.3) is 0 Å². The highest BCUT2D eigenvalue weighted by Gasteiger charge is 2.19. The van der Waals surface area contributed by atoms with Gasteiger partial charge < -0.3 is 14.2 Å². The molecule has 0 fully saturated rings. The van der Waals surface area contributed by atoms with E-state index in [0.29, 0.717) is 19.3 Å². The molecule has 0 saturated carbocycles. The van der Waals surface area contributed by atoms with E-state index < -0.39 is 6.10 Å². The lowest BCUT2D eigenvalue weighted by molar-refractivity contribution is -0.167. The highest BCUT2D eigenvalue weighted by molar-refractivity contribution is 5.71. The standard InChI is InChI=1S/C76H124O6/c1-4-7-10-13-16-18-20-22-24-26-28-30-32-33-34-35-36-37-38-39-40-41-42-43-45-46-48-50-52-54-56-58-60-63-66-69-75(78)81-72-73(71-80-74(77)68-65-62-15-12-9-6-3)82-76(79)70-67-64-61-59-57-55-53-51-49-47-44-31-29-27-25-23-21-19-17-14-11-8-5-2/h7-8,10-11,16-19,22-25,28-31,33-34,36-37,39-40,42-43,73H,4-6,9,12-15,20-21,26-27,32,35,38,41,44-72H2,1-3H3/b10-7-,11-8-,18-16-,19-17-,24-22-,25-23-,30-28-,31-29-,34-33-,37-36-,40-39-,43-42-. The fourth-order valence-corrected chi connectivity index (χ4v) is 9.10. The highest BCUT2D eigenvalue weighted by atomic mass is 16.6. The van der Waals surface area contributed by atoms with Crippen molar-refractivity contribution in [3.63, 3.8) is 0 Å². The SMILES string of the molecule is CC/C=C\C/C=C\C/C=C\C/C=C\C/C=C\C/C=C\C/C=C\C/C=C\CCCCCCCCCCCCC(=O)OCC(COC(=O)CCCCCCCC)OC(=O)CCCCCCCCCCCC/C=C\C/C=C\C/C=C\C/C=C\CC. The molecule has 1 unspecified atom stereocenters. The summed E-state index contributed by atoms with van der Waals surface area (Å²) in [6, 6.07) is 0. The monoisotopic (exact) mass is 1130 g/mol. The number of unbranched alkanes of at least 4 members (excludes halogenated alkanes) is 25. The van der Waals surface area contributed by atoms with Crippen LogP contribution >= 0.6 is 0 Å². The average molecular weight is 1130 g/mol. The summed E-state index contributed by atoms with van der Waals surface area (Å²) in [7, 11) is 0. The molecule has 0 bridgehead atoms. The van der Waals surface area contributed by atoms with Gasteiger partial charge in [-0.1, -0.05) is 301 Å². The maximum Gasteiger partial charge on any atom is 0.306 e. The summed E-state index contributed by atoms with van der Waals surface area (Å²) in [4.78, 5) is 38.1. The summed E-state index contributed by atoms with van der Waals surface area (Å²) in [5.74, 6) is -0.899. The van der Waals surface area contributed by atoms with E-state index in [4.69, 9.17) is 14.2 Å². The molecule has 0 aliphatic carbocycles. The Kier molecular flexibility index (Phi) is 64.8. The molecule has 0 aromatic rings. The number of hydrogen-bond donors (Lipinski definition) is 0. The van der Waals surface area contributed by atoms with Crippen molar-refractivity contribution in [2.24, 2.45) is 0 Å². The molecule has 0 N–H and O–H groups in total. The summed E-state index contributed by atoms with van der Waals surface area (Å²) >= 11 is 0. The van der Waals surface area contributed by atoms with Gasteiger partial charge in [0.2, 0.25) is 0 Å². The van der Waals surface area contributed by atoms with Crippen molar-refractivity contribution < 1.29 is 28.6 Å². The molecule has 0 amide bonds. The topological polar surface area (TPSA) is 78.9 Å². The van der Waals surface area contributed by atoms with E-state index in [1.807, 2.05) is 0 Å². The van der Waals surface area contributed by atoms with Gasteiger partial charge in [0.15, 0.2) is 6.10 Å². The zero-order valence-electron chi connectivity index (χ0n) is 53.2. The maximum absolute atomic E-state index is 12.9. The molecule has 1 atom stereocenters. The Balaban J connectivity index is 4.09. The summed E-state index contributed by atoms with van der Waals surface area (Å²) in [5, 5.41) is 0. The largest absolute Gasteiger partial charge is 0.462 e. The van der Waals surface area contributed by atoms with Crippen LogP contribution in [0.1, 0.15) is 297 Å².